The Morgan fingerprint density at radius 1 is 0.447 bits per heavy atom. The van der Waals surface area contributed by atoms with Crippen molar-refractivity contribution in [2.24, 2.45) is 0 Å². The molecule has 3 atom stereocenters. The highest BCUT2D eigenvalue weighted by atomic mass is 15.4. The van der Waals surface area contributed by atoms with Gasteiger partial charge in [-0.05, 0) is 95.6 Å². The molecule has 0 spiro atoms. The molecule has 3 unspecified atom stereocenters. The molecule has 0 bridgehead atoms. The molecule has 12 aromatic rings. The maximum atomic E-state index is 5.88. The third kappa shape index (κ3) is 6.45. The first kappa shape index (κ1) is 42.9. The predicted octanol–water partition coefficient (Wildman–Crippen LogP) is 17.3. The number of nitrogens with zero attached hydrogens (tertiary/aromatic N) is 7. The molecule has 0 N–H and O–H groups in total. The van der Waals surface area contributed by atoms with E-state index in [1.54, 1.807) is 0 Å². The van der Waals surface area contributed by atoms with Crippen molar-refractivity contribution in [3.05, 3.63) is 253 Å². The predicted molar refractivity (Wildman–Crippen MR) is 313 cm³/mol. The Labute approximate surface area is 439 Å². The van der Waals surface area contributed by atoms with Gasteiger partial charge in [-0.3, -0.25) is 4.57 Å². The maximum Gasteiger partial charge on any atom is 0.240 e. The molecule has 0 saturated carbocycles. The van der Waals surface area contributed by atoms with Crippen LogP contribution in [-0.4, -0.2) is 28.7 Å². The van der Waals surface area contributed by atoms with Gasteiger partial charge in [0.1, 0.15) is 0 Å². The van der Waals surface area contributed by atoms with E-state index in [0.717, 1.165) is 80.1 Å². The number of aromatic nitrogens is 6. The molecule has 0 amide bonds. The van der Waals surface area contributed by atoms with E-state index < -0.39 is 0 Å². The van der Waals surface area contributed by atoms with Crippen molar-refractivity contribution in [2.45, 2.75) is 37.3 Å². The lowest BCUT2D eigenvalue weighted by molar-refractivity contribution is 0.541. The van der Waals surface area contributed by atoms with Crippen LogP contribution in [0.4, 0.5) is 11.6 Å². The van der Waals surface area contributed by atoms with Crippen molar-refractivity contribution in [2.75, 3.05) is 4.90 Å². The first-order valence-electron chi connectivity index (χ1n) is 26.6. The van der Waals surface area contributed by atoms with Gasteiger partial charge in [-0.2, -0.15) is 15.0 Å². The lowest BCUT2D eigenvalue weighted by Gasteiger charge is -2.33. The summed E-state index contributed by atoms with van der Waals surface area (Å²) in [6.45, 7) is 0. The van der Waals surface area contributed by atoms with Crippen molar-refractivity contribution in [1.29, 1.82) is 0 Å². The number of rotatable bonds is 7. The van der Waals surface area contributed by atoms with Crippen LogP contribution in [0.2, 0.25) is 0 Å². The molecule has 8 aromatic carbocycles. The van der Waals surface area contributed by atoms with E-state index >= 15 is 0 Å². The number of para-hydroxylation sites is 4. The average molecular weight is 976 g/mol. The molecule has 1 aliphatic heterocycles. The quantitative estimate of drug-likeness (QED) is 0.160. The summed E-state index contributed by atoms with van der Waals surface area (Å²) in [5, 5.41) is 5.92. The molecular formula is C69H49N7. The summed E-state index contributed by atoms with van der Waals surface area (Å²) < 4.78 is 7.42. The van der Waals surface area contributed by atoms with E-state index in [4.69, 9.17) is 15.0 Å². The molecular weight excluding hydrogens is 927 g/mol. The average Bonchev–Trinajstić information content (AvgIpc) is 4.38. The van der Waals surface area contributed by atoms with Crippen molar-refractivity contribution in [3.63, 3.8) is 0 Å². The second-order valence-electron chi connectivity index (χ2n) is 20.5. The third-order valence-corrected chi connectivity index (χ3v) is 16.3. The van der Waals surface area contributed by atoms with Crippen LogP contribution in [0.25, 0.3) is 106 Å². The fourth-order valence-corrected chi connectivity index (χ4v) is 13.1. The van der Waals surface area contributed by atoms with Gasteiger partial charge in [-0.15, -0.1) is 0 Å². The molecule has 0 saturated heterocycles. The first-order chi connectivity index (χ1) is 37.7. The van der Waals surface area contributed by atoms with Crippen LogP contribution in [0.3, 0.4) is 0 Å². The largest absolute Gasteiger partial charge is 0.335 e. The maximum absolute atomic E-state index is 5.88. The topological polar surface area (TPSA) is 56.7 Å². The van der Waals surface area contributed by atoms with Crippen LogP contribution >= 0.6 is 0 Å². The second kappa shape index (κ2) is 17.0. The summed E-state index contributed by atoms with van der Waals surface area (Å²) in [6, 6.07) is 68.1. The lowest BCUT2D eigenvalue weighted by Crippen LogP contribution is -2.29. The van der Waals surface area contributed by atoms with Crippen LogP contribution < -0.4 is 4.90 Å². The summed E-state index contributed by atoms with van der Waals surface area (Å²) in [7, 11) is 0. The highest BCUT2D eigenvalue weighted by molar-refractivity contribution is 6.24. The lowest BCUT2D eigenvalue weighted by atomic mass is 9.86. The first-order valence-corrected chi connectivity index (χ1v) is 26.6. The Bertz CT molecular complexity index is 4460. The van der Waals surface area contributed by atoms with Gasteiger partial charge in [-0.25, -0.2) is 0 Å². The second-order valence-corrected chi connectivity index (χ2v) is 20.5. The summed E-state index contributed by atoms with van der Waals surface area (Å²) in [5.74, 6) is 1.79. The molecule has 3 aliphatic carbocycles. The minimum absolute atomic E-state index is 0.0324. The van der Waals surface area contributed by atoms with Crippen LogP contribution in [0.5, 0.6) is 0 Å². The Kier molecular flexibility index (Phi) is 9.58. The highest BCUT2D eigenvalue weighted by Gasteiger charge is 2.46. The SMILES string of the molecule is C1=CCC(n2c3c(c4ccccc42)C=CC2c4ccccc4N(c4nc(-c5cc(-c6ccccc6)cc(-c6ccccc6)c5)nc(-n5c6ccccc6c6ccc7c8ccccc8n(C8=CCCC=C8)c7c65)n4)C32)C=C1. The standard InChI is InChI=1S/C69H49N7/c1-5-21-44(22-6-1)46-41-47(45-23-7-2-8-24-45)43-48(42-46)67-70-68(75-61-35-19-15-31-53(61)57-39-37-55-51-29-13-17-33-59(51)73(63(55)65(57)75)49-25-9-3-10-26-49)72-69(71-67)76-62-36-20-16-32-54(62)58-40-38-56-52-30-14-18-34-60(52)74(64(56)66(58)76)50-27-11-4-12-28-50/h1-3,5-11,13-25,27-43,49,57,65H,4,12,26H2. The minimum atomic E-state index is -0.167. The van der Waals surface area contributed by atoms with Gasteiger partial charge < -0.3 is 14.0 Å². The molecule has 7 heteroatoms. The Balaban J connectivity index is 1.03. The van der Waals surface area contributed by atoms with Crippen LogP contribution in [0.1, 0.15) is 54.1 Å². The van der Waals surface area contributed by atoms with Crippen molar-refractivity contribution in [1.82, 2.24) is 28.7 Å². The van der Waals surface area contributed by atoms with Gasteiger partial charge in [0.2, 0.25) is 11.9 Å². The molecule has 4 aliphatic rings. The Hall–Kier alpha value is -9.59. The van der Waals surface area contributed by atoms with E-state index in [1.807, 2.05) is 0 Å². The molecule has 5 heterocycles. The van der Waals surface area contributed by atoms with Gasteiger partial charge in [0.25, 0.3) is 0 Å². The van der Waals surface area contributed by atoms with Crippen LogP contribution in [0.15, 0.2) is 237 Å². The third-order valence-electron chi connectivity index (χ3n) is 16.3. The van der Waals surface area contributed by atoms with Crippen molar-refractivity contribution in [3.8, 4) is 39.6 Å². The summed E-state index contributed by atoms with van der Waals surface area (Å²) in [6.07, 6.45) is 23.7. The van der Waals surface area contributed by atoms with Crippen LogP contribution in [-0.2, 0) is 0 Å². The number of hydrogen-bond acceptors (Lipinski definition) is 4. The minimum Gasteiger partial charge on any atom is -0.335 e. The number of fused-ring (bicyclic) bond motifs is 14. The van der Waals surface area contributed by atoms with E-state index in [-0.39, 0.29) is 18.0 Å². The van der Waals surface area contributed by atoms with Gasteiger partial charge in [0, 0.05) is 60.9 Å². The Morgan fingerprint density at radius 2 is 1.07 bits per heavy atom. The summed E-state index contributed by atoms with van der Waals surface area (Å²) in [4.78, 5) is 19.9. The molecule has 16 rings (SSSR count). The van der Waals surface area contributed by atoms with E-state index in [1.165, 1.54) is 49.7 Å². The molecule has 360 valence electrons. The fraction of sp³-hybridized carbons (Fsp3) is 0.0870. The number of hydrogen-bond donors (Lipinski definition) is 0. The van der Waals surface area contributed by atoms with Crippen molar-refractivity contribution >= 4 is 77.9 Å². The van der Waals surface area contributed by atoms with E-state index in [9.17, 15) is 0 Å². The molecule has 76 heavy (non-hydrogen) atoms. The molecule has 7 nitrogen and oxygen atoms in total. The van der Waals surface area contributed by atoms with E-state index in [0.29, 0.717) is 17.7 Å². The zero-order valence-corrected chi connectivity index (χ0v) is 41.6. The van der Waals surface area contributed by atoms with Gasteiger partial charge in [-0.1, -0.05) is 194 Å². The van der Waals surface area contributed by atoms with Gasteiger partial charge in [0.05, 0.1) is 39.8 Å². The monoisotopic (exact) mass is 975 g/mol. The highest BCUT2D eigenvalue weighted by Crippen LogP contribution is 2.57. The normalized spacial score (nSPS) is 17.6. The zero-order chi connectivity index (χ0) is 49.8. The fourth-order valence-electron chi connectivity index (χ4n) is 13.1. The summed E-state index contributed by atoms with van der Waals surface area (Å²) >= 11 is 0. The van der Waals surface area contributed by atoms with Gasteiger partial charge >= 0.3 is 0 Å². The van der Waals surface area contributed by atoms with Crippen molar-refractivity contribution < 1.29 is 0 Å². The smallest absolute Gasteiger partial charge is 0.240 e. The van der Waals surface area contributed by atoms with Crippen LogP contribution in [0, 0.1) is 0 Å². The zero-order valence-electron chi connectivity index (χ0n) is 41.6. The number of benzene rings is 8. The van der Waals surface area contributed by atoms with E-state index in [2.05, 4.69) is 261 Å². The summed E-state index contributed by atoms with van der Waals surface area (Å²) in [5.41, 5.74) is 17.0. The number of allylic oxidation sites excluding steroid dienone is 8. The molecule has 4 aromatic heterocycles. The number of anilines is 2. The van der Waals surface area contributed by atoms with Gasteiger partial charge in [0.15, 0.2) is 5.82 Å². The molecule has 0 fully saturated rings. The molecule has 0 radical (unpaired) electrons. The Morgan fingerprint density at radius 3 is 1.76 bits per heavy atom.